The molecule has 2 aromatic heterocycles. The van der Waals surface area contributed by atoms with Crippen molar-refractivity contribution in [2.45, 2.75) is 62.4 Å². The normalized spacial score (nSPS) is 26.4. The standard InChI is InChI=1S/C34H39N7O3S/c1-6-28(42)40-20(3)13-39(14-21(40)4)33-27-10-19(2)29(26-9-7-8-22-12-35-37(5)30(22)26)32-31(27)41(34(43)36-33)24(18-45-32)15-38-16-25-11-23(38)17-44-25/h6-10,12,20-21,23-25H,1,11,13-18H2,2-5H3/t20-,21+,23-,24-,25-/m0/s1. The number of benzene rings is 2. The fourth-order valence-electron chi connectivity index (χ4n) is 8.37. The highest BCUT2D eigenvalue weighted by molar-refractivity contribution is 7.99. The number of amides is 1. The lowest BCUT2D eigenvalue weighted by atomic mass is 9.95. The van der Waals surface area contributed by atoms with Gasteiger partial charge in [-0.3, -0.25) is 18.9 Å². The maximum Gasteiger partial charge on any atom is 0.350 e. The van der Waals surface area contributed by atoms with Gasteiger partial charge in [-0.15, -0.1) is 11.8 Å². The summed E-state index contributed by atoms with van der Waals surface area (Å²) in [5.74, 6) is 1.44. The summed E-state index contributed by atoms with van der Waals surface area (Å²) in [5.41, 5.74) is 5.27. The fourth-order valence-corrected chi connectivity index (χ4v) is 9.75. The molecule has 234 valence electrons. The largest absolute Gasteiger partial charge is 0.375 e. The molecule has 45 heavy (non-hydrogen) atoms. The Morgan fingerprint density at radius 1 is 1.18 bits per heavy atom. The monoisotopic (exact) mass is 625 g/mol. The third kappa shape index (κ3) is 4.45. The van der Waals surface area contributed by atoms with Gasteiger partial charge in [0.1, 0.15) is 5.82 Å². The Kier molecular flexibility index (Phi) is 6.85. The van der Waals surface area contributed by atoms with Crippen LogP contribution in [0.15, 0.2) is 52.8 Å². The van der Waals surface area contributed by atoms with Crippen molar-refractivity contribution in [2.24, 2.45) is 7.05 Å². The first-order valence-corrected chi connectivity index (χ1v) is 16.9. The molecule has 1 amide bonds. The van der Waals surface area contributed by atoms with Crippen LogP contribution < -0.4 is 10.6 Å². The predicted molar refractivity (Wildman–Crippen MR) is 178 cm³/mol. The quantitative estimate of drug-likeness (QED) is 0.308. The van der Waals surface area contributed by atoms with Crippen LogP contribution in [0.1, 0.15) is 31.9 Å². The molecule has 0 unspecified atom stereocenters. The summed E-state index contributed by atoms with van der Waals surface area (Å²) in [4.78, 5) is 39.5. The highest BCUT2D eigenvalue weighted by Gasteiger charge is 2.41. The van der Waals surface area contributed by atoms with E-state index in [0.29, 0.717) is 31.1 Å². The zero-order valence-corrected chi connectivity index (χ0v) is 27.1. The number of piperazine rings is 1. The van der Waals surface area contributed by atoms with Crippen molar-refractivity contribution in [3.63, 3.8) is 0 Å². The summed E-state index contributed by atoms with van der Waals surface area (Å²) in [5, 5.41) is 6.65. The van der Waals surface area contributed by atoms with Crippen LogP contribution in [0.4, 0.5) is 5.82 Å². The van der Waals surface area contributed by atoms with Gasteiger partial charge in [-0.05, 0) is 44.9 Å². The third-order valence-electron chi connectivity index (χ3n) is 10.3. The Hall–Kier alpha value is -3.67. The number of carbonyl (C=O) groups excluding carboxylic acids is 1. The Bertz CT molecular complexity index is 1920. The second-order valence-electron chi connectivity index (χ2n) is 13.2. The number of aromatic nitrogens is 4. The van der Waals surface area contributed by atoms with Gasteiger partial charge in [0.15, 0.2) is 0 Å². The molecule has 3 saturated heterocycles. The van der Waals surface area contributed by atoms with Crippen molar-refractivity contribution in [2.75, 3.05) is 43.4 Å². The van der Waals surface area contributed by atoms with Gasteiger partial charge in [0.25, 0.3) is 0 Å². The van der Waals surface area contributed by atoms with E-state index in [2.05, 4.69) is 66.5 Å². The van der Waals surface area contributed by atoms with Crippen LogP contribution in [0.25, 0.3) is 32.9 Å². The van der Waals surface area contributed by atoms with Crippen LogP contribution in [0, 0.1) is 6.92 Å². The topological polar surface area (TPSA) is 88.7 Å². The summed E-state index contributed by atoms with van der Waals surface area (Å²) >= 11 is 1.86. The molecule has 3 fully saturated rings. The van der Waals surface area contributed by atoms with Crippen LogP contribution >= 0.6 is 11.8 Å². The third-order valence-corrected chi connectivity index (χ3v) is 11.5. The van der Waals surface area contributed by atoms with Gasteiger partial charge in [0.2, 0.25) is 5.91 Å². The number of fused-ring (bicyclic) bond motifs is 3. The Labute approximate surface area is 266 Å². The number of thioether (sulfide) groups is 1. The molecule has 4 aromatic rings. The average Bonchev–Trinajstić information content (AvgIpc) is 3.75. The number of anilines is 1. The molecule has 0 spiro atoms. The van der Waals surface area contributed by atoms with Crippen LogP contribution in [0.3, 0.4) is 0 Å². The molecular weight excluding hydrogens is 586 g/mol. The predicted octanol–water partition coefficient (Wildman–Crippen LogP) is 3.99. The minimum atomic E-state index is -0.205. The second kappa shape index (κ2) is 10.7. The molecule has 0 aliphatic carbocycles. The average molecular weight is 626 g/mol. The van der Waals surface area contributed by atoms with E-state index in [9.17, 15) is 9.59 Å². The highest BCUT2D eigenvalue weighted by Crippen LogP contribution is 2.47. The number of rotatable bonds is 5. The van der Waals surface area contributed by atoms with E-state index < -0.39 is 0 Å². The number of morpholine rings is 1. The van der Waals surface area contributed by atoms with Gasteiger partial charge < -0.3 is 14.5 Å². The molecule has 4 aliphatic heterocycles. The summed E-state index contributed by atoms with van der Waals surface area (Å²) < 4.78 is 9.82. The first-order valence-electron chi connectivity index (χ1n) is 15.9. The highest BCUT2D eigenvalue weighted by atomic mass is 32.2. The van der Waals surface area contributed by atoms with E-state index in [1.807, 2.05) is 39.2 Å². The molecule has 2 aromatic carbocycles. The Morgan fingerprint density at radius 2 is 1.98 bits per heavy atom. The minimum absolute atomic E-state index is 0.00126. The zero-order valence-electron chi connectivity index (χ0n) is 26.3. The number of para-hydroxylation sites is 1. The van der Waals surface area contributed by atoms with Crippen molar-refractivity contribution >= 4 is 45.3 Å². The SMILES string of the molecule is C=CC(=O)N1[C@H](C)CN(c2nc(=O)n3c4c(c(-c5cccc6cnn(C)c56)c(C)cc24)SC[C@@H]3CN2C[C@@H]3C[C@H]2CO3)C[C@@H]1C. The van der Waals surface area contributed by atoms with Crippen LogP contribution in [-0.2, 0) is 16.6 Å². The van der Waals surface area contributed by atoms with Gasteiger partial charge in [-0.1, -0.05) is 24.8 Å². The number of nitrogens with zero attached hydrogens (tertiary/aromatic N) is 7. The molecule has 8 rings (SSSR count). The van der Waals surface area contributed by atoms with Crippen LogP contribution in [-0.4, -0.2) is 97.8 Å². The number of hydrogen-bond donors (Lipinski definition) is 0. The van der Waals surface area contributed by atoms with Crippen molar-refractivity contribution < 1.29 is 9.53 Å². The van der Waals surface area contributed by atoms with Crippen molar-refractivity contribution in [1.82, 2.24) is 29.1 Å². The van der Waals surface area contributed by atoms with E-state index in [-0.39, 0.29) is 29.7 Å². The van der Waals surface area contributed by atoms with Gasteiger partial charge in [-0.2, -0.15) is 10.1 Å². The van der Waals surface area contributed by atoms with Crippen molar-refractivity contribution in [1.29, 1.82) is 0 Å². The second-order valence-corrected chi connectivity index (χ2v) is 14.2. The smallest absolute Gasteiger partial charge is 0.350 e. The molecule has 6 heterocycles. The molecule has 11 heteroatoms. The van der Waals surface area contributed by atoms with E-state index in [4.69, 9.17) is 9.72 Å². The first-order chi connectivity index (χ1) is 21.7. The number of hydrogen-bond acceptors (Lipinski definition) is 8. The summed E-state index contributed by atoms with van der Waals surface area (Å²) in [6.45, 7) is 13.7. The molecule has 2 bridgehead atoms. The molecular formula is C34H39N7O3S. The first kappa shape index (κ1) is 28.8. The molecule has 0 N–H and O–H groups in total. The zero-order chi connectivity index (χ0) is 31.1. The number of likely N-dealkylation sites (tertiary alicyclic amines) is 1. The maximum atomic E-state index is 14.3. The molecule has 4 aliphatic rings. The van der Waals surface area contributed by atoms with E-state index in [0.717, 1.165) is 75.3 Å². The lowest BCUT2D eigenvalue weighted by Crippen LogP contribution is -2.58. The number of aryl methyl sites for hydroxylation is 2. The van der Waals surface area contributed by atoms with E-state index in [1.165, 1.54) is 6.08 Å². The van der Waals surface area contributed by atoms with E-state index >= 15 is 0 Å². The maximum absolute atomic E-state index is 14.3. The van der Waals surface area contributed by atoms with Gasteiger partial charge in [-0.25, -0.2) is 4.79 Å². The lowest BCUT2D eigenvalue weighted by Gasteiger charge is -2.45. The fraction of sp³-hybridized carbons (Fsp3) is 0.471. The molecule has 5 atom stereocenters. The minimum Gasteiger partial charge on any atom is -0.375 e. The summed E-state index contributed by atoms with van der Waals surface area (Å²) in [6, 6.07) is 8.91. The van der Waals surface area contributed by atoms with Gasteiger partial charge >= 0.3 is 5.69 Å². The Morgan fingerprint density at radius 3 is 2.69 bits per heavy atom. The number of ether oxygens (including phenoxy) is 1. The van der Waals surface area contributed by atoms with Crippen LogP contribution in [0.2, 0.25) is 0 Å². The van der Waals surface area contributed by atoms with Gasteiger partial charge in [0, 0.05) is 83.9 Å². The summed E-state index contributed by atoms with van der Waals surface area (Å²) in [7, 11) is 1.99. The molecule has 0 saturated carbocycles. The molecule has 0 radical (unpaired) electrons. The summed E-state index contributed by atoms with van der Waals surface area (Å²) in [6.07, 6.45) is 4.68. The van der Waals surface area contributed by atoms with Crippen LogP contribution in [0.5, 0.6) is 0 Å². The van der Waals surface area contributed by atoms with Gasteiger partial charge in [0.05, 0.1) is 36.0 Å². The Balaban J connectivity index is 1.32. The lowest BCUT2D eigenvalue weighted by molar-refractivity contribution is -0.130. The van der Waals surface area contributed by atoms with Crippen molar-refractivity contribution in [3.05, 3.63) is 59.2 Å². The number of carbonyl (C=O) groups is 1. The van der Waals surface area contributed by atoms with Crippen molar-refractivity contribution in [3.8, 4) is 11.1 Å². The van der Waals surface area contributed by atoms with E-state index in [1.54, 1.807) is 0 Å². The molecule has 10 nitrogen and oxygen atoms in total.